The van der Waals surface area contributed by atoms with E-state index in [0.717, 1.165) is 11.8 Å². The quantitative estimate of drug-likeness (QED) is 0.391. The Morgan fingerprint density at radius 3 is 1.95 bits per heavy atom. The van der Waals surface area contributed by atoms with Gasteiger partial charge in [0.1, 0.15) is 0 Å². The average molecular weight is 290 g/mol. The van der Waals surface area contributed by atoms with Crippen LogP contribution in [0.4, 0.5) is 0 Å². The average Bonchev–Trinajstić information content (AvgIpc) is 3.14. The molecule has 3 aromatic rings. The van der Waals surface area contributed by atoms with Crippen molar-refractivity contribution < 1.29 is 21.9 Å². The molecule has 19 heavy (non-hydrogen) atoms. The van der Waals surface area contributed by atoms with E-state index < -0.39 is 0 Å². The predicted octanol–water partition coefficient (Wildman–Crippen LogP) is 4.29. The molecule has 0 spiro atoms. The molecule has 0 aliphatic rings. The van der Waals surface area contributed by atoms with Crippen molar-refractivity contribution in [2.24, 2.45) is 0 Å². The van der Waals surface area contributed by atoms with Gasteiger partial charge in [0.05, 0.1) is 6.29 Å². The van der Waals surface area contributed by atoms with Gasteiger partial charge < -0.3 is 52.3 Å². The summed E-state index contributed by atoms with van der Waals surface area (Å²) < 4.78 is 0. The summed E-state index contributed by atoms with van der Waals surface area (Å²) in [5.41, 5.74) is 3.34. The Labute approximate surface area is 124 Å². The van der Waals surface area contributed by atoms with Gasteiger partial charge in [-0.3, -0.25) is 0 Å². The van der Waals surface area contributed by atoms with E-state index in [0.29, 0.717) is 0 Å². The molecule has 2 heteroatoms. The van der Waals surface area contributed by atoms with Gasteiger partial charge in [0.25, 0.3) is 0 Å². The summed E-state index contributed by atoms with van der Waals surface area (Å²) in [7, 11) is 0. The smallest absolute Gasteiger partial charge is 0.0949 e. The maximum atomic E-state index is 9.87. The first kappa shape index (κ1) is 15.2. The molecular weight excluding hydrogens is 276 g/mol. The van der Waals surface area contributed by atoms with Crippen molar-refractivity contribution in [1.82, 2.24) is 0 Å². The third-order valence-corrected chi connectivity index (χ3v) is 2.59. The molecule has 0 fully saturated rings. The SMILES string of the molecule is O=C[c-]1cccc1.[Fe].c1ccc(-[c-]2[cH-][cH-][cH-][cH-]2)cc1. The van der Waals surface area contributed by atoms with Crippen LogP contribution in [-0.2, 0) is 17.1 Å². The zero-order chi connectivity index (χ0) is 12.6. The normalized spacial score (nSPS) is 8.84. The van der Waals surface area contributed by atoms with E-state index in [9.17, 15) is 4.79 Å². The molecule has 0 heterocycles. The Bertz CT molecular complexity index is 551. The first-order chi connectivity index (χ1) is 8.90. The Morgan fingerprint density at radius 1 is 0.895 bits per heavy atom. The van der Waals surface area contributed by atoms with Gasteiger partial charge in [-0.05, 0) is 0 Å². The van der Waals surface area contributed by atoms with Crippen molar-refractivity contribution in [2.45, 2.75) is 0 Å². The molecule has 0 amide bonds. The fourth-order valence-electron chi connectivity index (χ4n) is 1.66. The maximum Gasteiger partial charge on any atom is 0.0949 e. The van der Waals surface area contributed by atoms with Crippen LogP contribution in [0.5, 0.6) is 0 Å². The molecule has 3 rings (SSSR count). The molecule has 0 saturated heterocycles. The molecule has 102 valence electrons. The Morgan fingerprint density at radius 2 is 1.47 bits per heavy atom. The fraction of sp³-hybridized carbons (Fsp3) is 0. The molecule has 1 nitrogen and oxygen atoms in total. The fourth-order valence-corrected chi connectivity index (χ4v) is 1.66. The number of benzene rings is 1. The van der Waals surface area contributed by atoms with Crippen LogP contribution in [0.1, 0.15) is 10.4 Å². The summed E-state index contributed by atoms with van der Waals surface area (Å²) in [5.74, 6) is 0. The van der Waals surface area contributed by atoms with Gasteiger partial charge in [-0.15, -0.1) is 6.07 Å². The third-order valence-electron chi connectivity index (χ3n) is 2.59. The minimum atomic E-state index is 0. The van der Waals surface area contributed by atoms with E-state index >= 15 is 0 Å². The second-order valence-electron chi connectivity index (χ2n) is 3.88. The summed E-state index contributed by atoms with van der Waals surface area (Å²) in [6.07, 6.45) is 0.833. The van der Waals surface area contributed by atoms with Crippen LogP contribution < -0.4 is 0 Å². The van der Waals surface area contributed by atoms with E-state index in [1.54, 1.807) is 12.1 Å². The molecule has 0 aromatic heterocycles. The van der Waals surface area contributed by atoms with Crippen LogP contribution in [0.3, 0.4) is 0 Å². The van der Waals surface area contributed by atoms with Crippen LogP contribution in [-0.4, -0.2) is 6.29 Å². The monoisotopic (exact) mass is 290 g/mol. The van der Waals surface area contributed by atoms with Crippen molar-refractivity contribution in [3.63, 3.8) is 0 Å². The van der Waals surface area contributed by atoms with Crippen molar-refractivity contribution in [3.05, 3.63) is 84.4 Å². The number of aldehydes is 1. The number of rotatable bonds is 2. The third kappa shape index (κ3) is 4.70. The van der Waals surface area contributed by atoms with Gasteiger partial charge in [0.15, 0.2) is 0 Å². The van der Waals surface area contributed by atoms with Crippen molar-refractivity contribution in [2.75, 3.05) is 0 Å². The molecule has 0 aliphatic carbocycles. The Balaban J connectivity index is 0.000000198. The first-order valence-corrected chi connectivity index (χ1v) is 5.84. The number of carbonyl (C=O) groups excluding carboxylic acids is 1. The van der Waals surface area contributed by atoms with Crippen LogP contribution in [0.2, 0.25) is 0 Å². The minimum absolute atomic E-state index is 0. The van der Waals surface area contributed by atoms with Crippen LogP contribution >= 0.6 is 0 Å². The summed E-state index contributed by atoms with van der Waals surface area (Å²) >= 11 is 0. The molecule has 3 aromatic carbocycles. The maximum absolute atomic E-state index is 9.87. The topological polar surface area (TPSA) is 17.1 Å². The van der Waals surface area contributed by atoms with Gasteiger partial charge >= 0.3 is 0 Å². The number of hydrogen-bond acceptors (Lipinski definition) is 1. The van der Waals surface area contributed by atoms with E-state index in [1.165, 1.54) is 11.1 Å². The standard InChI is InChI=1S/C11H9.C6H5O.Fe/c1-2-6-10(7-3-1)11-8-4-5-9-11;7-5-6-3-1-2-4-6;/h1-9H;1-5H;/q-5;-1;. The van der Waals surface area contributed by atoms with Crippen molar-refractivity contribution in [3.8, 4) is 11.1 Å². The Kier molecular flexibility index (Phi) is 6.59. The molecule has 0 aliphatic heterocycles. The molecular formula is C17H14FeO-6. The van der Waals surface area contributed by atoms with E-state index in [-0.39, 0.29) is 17.1 Å². The summed E-state index contributed by atoms with van der Waals surface area (Å²) in [6, 6.07) is 26.0. The number of hydrogen-bond donors (Lipinski definition) is 0. The summed E-state index contributed by atoms with van der Waals surface area (Å²) in [6.45, 7) is 0. The van der Waals surface area contributed by atoms with Crippen molar-refractivity contribution in [1.29, 1.82) is 0 Å². The van der Waals surface area contributed by atoms with Gasteiger partial charge in [0, 0.05) is 17.1 Å². The van der Waals surface area contributed by atoms with E-state index in [2.05, 4.69) is 48.5 Å². The van der Waals surface area contributed by atoms with Gasteiger partial charge in [-0.2, -0.15) is 24.3 Å². The summed E-state index contributed by atoms with van der Waals surface area (Å²) in [4.78, 5) is 9.87. The molecule has 0 radical (unpaired) electrons. The Hall–Kier alpha value is -1.89. The second kappa shape index (κ2) is 8.25. The van der Waals surface area contributed by atoms with E-state index in [4.69, 9.17) is 0 Å². The van der Waals surface area contributed by atoms with Crippen LogP contribution in [0.15, 0.2) is 78.9 Å². The van der Waals surface area contributed by atoms with Gasteiger partial charge in [0.2, 0.25) is 0 Å². The van der Waals surface area contributed by atoms with Crippen LogP contribution in [0, 0.1) is 0 Å². The number of carbonyl (C=O) groups is 1. The minimum Gasteiger partial charge on any atom is -0.642 e. The molecule has 0 bridgehead atoms. The predicted molar refractivity (Wildman–Crippen MR) is 74.9 cm³/mol. The van der Waals surface area contributed by atoms with Gasteiger partial charge in [-0.1, -0.05) is 5.56 Å². The second-order valence-corrected chi connectivity index (χ2v) is 3.88. The largest absolute Gasteiger partial charge is 0.642 e. The zero-order valence-electron chi connectivity index (χ0n) is 10.3. The molecule has 0 unspecified atom stereocenters. The molecule has 0 N–H and O–H groups in total. The molecule has 0 atom stereocenters. The molecule has 0 saturated carbocycles. The van der Waals surface area contributed by atoms with E-state index in [1.807, 2.05) is 18.2 Å². The van der Waals surface area contributed by atoms with Crippen molar-refractivity contribution >= 4 is 6.29 Å². The summed E-state index contributed by atoms with van der Waals surface area (Å²) in [5, 5.41) is 0. The van der Waals surface area contributed by atoms with Gasteiger partial charge in [-0.25, -0.2) is 12.1 Å². The van der Waals surface area contributed by atoms with Crippen LogP contribution in [0.25, 0.3) is 11.1 Å². The first-order valence-electron chi connectivity index (χ1n) is 5.84. The zero-order valence-corrected chi connectivity index (χ0v) is 11.4.